The molecule has 1 unspecified atom stereocenters. The largest absolute Gasteiger partial charge is 0.481 e. The number of benzene rings is 1. The first-order valence-electron chi connectivity index (χ1n) is 4.31. The van der Waals surface area contributed by atoms with Crippen LogP contribution in [0, 0.1) is 5.82 Å². The molecule has 0 aliphatic carbocycles. The van der Waals surface area contributed by atoms with Gasteiger partial charge in [-0.25, -0.2) is 4.39 Å². The molecule has 15 heavy (non-hydrogen) atoms. The molecule has 5 heteroatoms. The van der Waals surface area contributed by atoms with Gasteiger partial charge in [0.1, 0.15) is 5.82 Å². The Labute approximate surface area is 100 Å². The van der Waals surface area contributed by atoms with Crippen molar-refractivity contribution in [2.45, 2.75) is 18.2 Å². The van der Waals surface area contributed by atoms with Crippen LogP contribution in [-0.4, -0.2) is 11.1 Å². The van der Waals surface area contributed by atoms with Crippen molar-refractivity contribution in [3.63, 3.8) is 0 Å². The number of carbonyl (C=O) groups is 1. The highest BCUT2D eigenvalue weighted by atomic mass is 79.9. The van der Waals surface area contributed by atoms with E-state index in [1.165, 1.54) is 6.07 Å². The molecule has 0 amide bonds. The van der Waals surface area contributed by atoms with Crippen molar-refractivity contribution in [2.24, 2.45) is 0 Å². The summed E-state index contributed by atoms with van der Waals surface area (Å²) >= 11 is 9.11. The van der Waals surface area contributed by atoms with E-state index in [2.05, 4.69) is 15.9 Å². The lowest BCUT2D eigenvalue weighted by Gasteiger charge is -2.09. The van der Waals surface area contributed by atoms with Crippen molar-refractivity contribution in [2.75, 3.05) is 0 Å². The molecule has 0 fully saturated rings. The minimum atomic E-state index is -0.934. The quantitative estimate of drug-likeness (QED) is 0.859. The fourth-order valence-electron chi connectivity index (χ4n) is 1.16. The Hall–Kier alpha value is -0.610. The lowest BCUT2D eigenvalue weighted by atomic mass is 10.1. The van der Waals surface area contributed by atoms with Crippen molar-refractivity contribution >= 4 is 33.5 Å². The lowest BCUT2D eigenvalue weighted by Crippen LogP contribution is -2.00. The molecule has 1 atom stereocenters. The highest BCUT2D eigenvalue weighted by molar-refractivity contribution is 9.10. The number of halogens is 3. The number of carboxylic acid groups (broad SMARTS) is 1. The van der Waals surface area contributed by atoms with Gasteiger partial charge >= 0.3 is 5.97 Å². The third kappa shape index (κ3) is 3.80. The molecule has 1 aromatic rings. The van der Waals surface area contributed by atoms with Crippen molar-refractivity contribution in [3.05, 3.63) is 34.1 Å². The first-order valence-corrected chi connectivity index (χ1v) is 5.54. The zero-order chi connectivity index (χ0) is 11.4. The lowest BCUT2D eigenvalue weighted by molar-refractivity contribution is -0.137. The number of alkyl halides is 1. The minimum absolute atomic E-state index is 0.0693. The van der Waals surface area contributed by atoms with Crippen LogP contribution in [0.3, 0.4) is 0 Å². The van der Waals surface area contributed by atoms with Crippen LogP contribution in [0.1, 0.15) is 23.8 Å². The first-order chi connectivity index (χ1) is 7.00. The second-order valence-electron chi connectivity index (χ2n) is 3.07. The van der Waals surface area contributed by atoms with E-state index in [1.807, 2.05) is 0 Å². The van der Waals surface area contributed by atoms with Gasteiger partial charge < -0.3 is 5.11 Å². The maximum absolute atomic E-state index is 13.3. The Bertz CT molecular complexity index is 370. The van der Waals surface area contributed by atoms with Crippen molar-refractivity contribution in [1.29, 1.82) is 0 Å². The van der Waals surface area contributed by atoms with Gasteiger partial charge in [0.25, 0.3) is 0 Å². The van der Waals surface area contributed by atoms with E-state index in [0.717, 1.165) is 4.47 Å². The highest BCUT2D eigenvalue weighted by Gasteiger charge is 2.14. The molecule has 82 valence electrons. The van der Waals surface area contributed by atoms with Gasteiger partial charge in [0.15, 0.2) is 0 Å². The zero-order valence-electron chi connectivity index (χ0n) is 7.71. The number of rotatable bonds is 4. The molecule has 0 aliphatic heterocycles. The number of carboxylic acids is 1. The third-order valence-corrected chi connectivity index (χ3v) is 2.85. The number of aliphatic carboxylic acids is 1. The summed E-state index contributed by atoms with van der Waals surface area (Å²) in [6.45, 7) is 0. The van der Waals surface area contributed by atoms with Gasteiger partial charge in [-0.15, -0.1) is 11.6 Å². The van der Waals surface area contributed by atoms with Gasteiger partial charge in [0.2, 0.25) is 0 Å². The molecule has 0 spiro atoms. The Balaban J connectivity index is 2.76. The normalized spacial score (nSPS) is 12.5. The molecule has 0 saturated carbocycles. The summed E-state index contributed by atoms with van der Waals surface area (Å²) in [4.78, 5) is 10.3. The average Bonchev–Trinajstić information content (AvgIpc) is 2.18. The summed E-state index contributed by atoms with van der Waals surface area (Å²) in [5.74, 6) is -1.35. The van der Waals surface area contributed by atoms with E-state index >= 15 is 0 Å². The number of hydrogen-bond acceptors (Lipinski definition) is 1. The van der Waals surface area contributed by atoms with Crippen molar-refractivity contribution in [3.8, 4) is 0 Å². The van der Waals surface area contributed by atoms with E-state index in [0.29, 0.717) is 5.56 Å². The Morgan fingerprint density at radius 2 is 2.27 bits per heavy atom. The summed E-state index contributed by atoms with van der Waals surface area (Å²) in [5.41, 5.74) is 0.326. The maximum Gasteiger partial charge on any atom is 0.303 e. The van der Waals surface area contributed by atoms with Gasteiger partial charge in [-0.2, -0.15) is 0 Å². The molecule has 0 saturated heterocycles. The molecule has 1 N–H and O–H groups in total. The van der Waals surface area contributed by atoms with Crippen LogP contribution < -0.4 is 0 Å². The summed E-state index contributed by atoms with van der Waals surface area (Å²) in [5, 5.41) is 7.86. The van der Waals surface area contributed by atoms with Gasteiger partial charge in [-0.05, 0) is 24.6 Å². The predicted octanol–water partition coefficient (Wildman–Crippen LogP) is 3.73. The van der Waals surface area contributed by atoms with E-state index < -0.39 is 17.2 Å². The van der Waals surface area contributed by atoms with E-state index in [-0.39, 0.29) is 12.8 Å². The minimum Gasteiger partial charge on any atom is -0.481 e. The topological polar surface area (TPSA) is 37.3 Å². The Morgan fingerprint density at radius 1 is 1.60 bits per heavy atom. The maximum atomic E-state index is 13.3. The molecule has 0 aliphatic rings. The molecule has 0 aromatic heterocycles. The van der Waals surface area contributed by atoms with Crippen LogP contribution >= 0.6 is 27.5 Å². The zero-order valence-corrected chi connectivity index (χ0v) is 10.1. The molecule has 1 aromatic carbocycles. The third-order valence-electron chi connectivity index (χ3n) is 1.91. The second kappa shape index (κ2) is 5.47. The summed E-state index contributed by atoms with van der Waals surface area (Å²) < 4.78 is 14.0. The van der Waals surface area contributed by atoms with E-state index in [4.69, 9.17) is 16.7 Å². The van der Waals surface area contributed by atoms with Crippen LogP contribution in [0.2, 0.25) is 0 Å². The van der Waals surface area contributed by atoms with Crippen molar-refractivity contribution in [1.82, 2.24) is 0 Å². The first kappa shape index (κ1) is 12.5. The van der Waals surface area contributed by atoms with Crippen molar-refractivity contribution < 1.29 is 14.3 Å². The van der Waals surface area contributed by atoms with E-state index in [9.17, 15) is 9.18 Å². The van der Waals surface area contributed by atoms with Crippen LogP contribution in [0.4, 0.5) is 4.39 Å². The van der Waals surface area contributed by atoms with Gasteiger partial charge in [0, 0.05) is 16.5 Å². The van der Waals surface area contributed by atoms with Crippen LogP contribution in [0.5, 0.6) is 0 Å². The Morgan fingerprint density at radius 3 is 2.87 bits per heavy atom. The molecule has 0 radical (unpaired) electrons. The highest BCUT2D eigenvalue weighted by Crippen LogP contribution is 2.29. The molecule has 0 bridgehead atoms. The fourth-order valence-corrected chi connectivity index (χ4v) is 1.82. The monoisotopic (exact) mass is 294 g/mol. The molecular formula is C10H9BrClFO2. The molecule has 1 rings (SSSR count). The summed E-state index contributed by atoms with van der Waals surface area (Å²) in [6.07, 6.45) is 0.143. The summed E-state index contributed by atoms with van der Waals surface area (Å²) in [6, 6.07) is 4.43. The van der Waals surface area contributed by atoms with Gasteiger partial charge in [-0.3, -0.25) is 4.79 Å². The molecule has 0 heterocycles. The van der Waals surface area contributed by atoms with Crippen LogP contribution in [-0.2, 0) is 4.79 Å². The second-order valence-corrected chi connectivity index (χ2v) is 4.51. The molecule has 2 nitrogen and oxygen atoms in total. The van der Waals surface area contributed by atoms with Crippen LogP contribution in [0.15, 0.2) is 22.7 Å². The molecular weight excluding hydrogens is 286 g/mol. The predicted molar refractivity (Wildman–Crippen MR) is 59.6 cm³/mol. The standard InChI is InChI=1S/C10H9BrClFO2/c11-6-1-3-9(13)7(5-6)8(12)2-4-10(14)15/h1,3,5,8H,2,4H2,(H,14,15). The average molecular weight is 296 g/mol. The van der Waals surface area contributed by atoms with Crippen LogP contribution in [0.25, 0.3) is 0 Å². The SMILES string of the molecule is O=C(O)CCC(Cl)c1cc(Br)ccc1F. The number of hydrogen-bond donors (Lipinski definition) is 1. The van der Waals surface area contributed by atoms with E-state index in [1.54, 1.807) is 12.1 Å². The fraction of sp³-hybridized carbons (Fsp3) is 0.300. The van der Waals surface area contributed by atoms with Gasteiger partial charge in [0.05, 0.1) is 5.38 Å². The summed E-state index contributed by atoms with van der Waals surface area (Å²) in [7, 11) is 0. The smallest absolute Gasteiger partial charge is 0.303 e. The Kier molecular flexibility index (Phi) is 4.54. The van der Waals surface area contributed by atoms with Gasteiger partial charge in [-0.1, -0.05) is 15.9 Å².